The number of carbonyl (C=O) groups is 1. The zero-order valence-corrected chi connectivity index (χ0v) is 9.75. The number of hydrogen-bond acceptors (Lipinski definition) is 2. The van der Waals surface area contributed by atoms with Gasteiger partial charge < -0.3 is 5.32 Å². The number of aryl methyl sites for hydroxylation is 2. The first-order chi connectivity index (χ1) is 8.29. The molecule has 17 heavy (non-hydrogen) atoms. The summed E-state index contributed by atoms with van der Waals surface area (Å²) in [5.74, 6) is 0. The van der Waals surface area contributed by atoms with Crippen molar-refractivity contribution in [3.63, 3.8) is 0 Å². The van der Waals surface area contributed by atoms with Gasteiger partial charge in [0.05, 0.1) is 5.69 Å². The molecule has 0 saturated heterocycles. The van der Waals surface area contributed by atoms with Crippen LogP contribution in [0.25, 0.3) is 0 Å². The lowest BCUT2D eigenvalue weighted by atomic mass is 10.1. The molecule has 0 aliphatic heterocycles. The van der Waals surface area contributed by atoms with Crippen LogP contribution >= 0.6 is 0 Å². The number of nitrogens with one attached hydrogen (secondary N) is 1. The molecule has 0 spiro atoms. The number of aromatic nitrogens is 1. The van der Waals surface area contributed by atoms with E-state index in [0.29, 0.717) is 0 Å². The summed E-state index contributed by atoms with van der Waals surface area (Å²) in [7, 11) is 0. The Morgan fingerprint density at radius 2 is 1.71 bits per heavy atom. The third kappa shape index (κ3) is 1.64. The average molecular weight is 229 g/mol. The molecule has 2 amide bonds. The number of hydrogen-bond donors (Lipinski definition) is 1. The Kier molecular flexibility index (Phi) is 2.42. The van der Waals surface area contributed by atoms with Crippen molar-refractivity contribution in [2.75, 3.05) is 5.32 Å². The molecule has 0 unspecified atom stereocenters. The highest BCUT2D eigenvalue weighted by Gasteiger charge is 2.26. The summed E-state index contributed by atoms with van der Waals surface area (Å²) in [5, 5.41) is 2.88. The van der Waals surface area contributed by atoms with Gasteiger partial charge in [0.1, 0.15) is 0 Å². The fourth-order valence-corrected chi connectivity index (χ4v) is 2.88. The zero-order valence-electron chi connectivity index (χ0n) is 9.75. The number of nitrogens with zero attached hydrogens (tertiary/aromatic N) is 2. The van der Waals surface area contributed by atoms with Crippen molar-refractivity contribution >= 4 is 18.4 Å². The molecule has 2 aliphatic carbocycles. The van der Waals surface area contributed by atoms with Gasteiger partial charge in [-0.3, -0.25) is 4.98 Å². The first-order valence-corrected chi connectivity index (χ1v) is 6.11. The standard InChI is InChI=1S/C13H15N3O/c1-14-13(17)16-12-8-4-2-6-10(8)15-11-7-3-5-9(11)12/h1-7H2,(H,15,16,17). The minimum Gasteiger partial charge on any atom is -0.305 e. The number of aliphatic imine (C=N–C) groups is 1. The molecule has 0 saturated carbocycles. The number of rotatable bonds is 1. The second kappa shape index (κ2) is 3.95. The van der Waals surface area contributed by atoms with Crippen LogP contribution in [0.15, 0.2) is 4.99 Å². The van der Waals surface area contributed by atoms with Gasteiger partial charge in [-0.05, 0) is 56.4 Å². The lowest BCUT2D eigenvalue weighted by Crippen LogP contribution is -2.11. The number of urea groups is 1. The normalized spacial score (nSPS) is 16.5. The Labute approximate surface area is 100 Å². The summed E-state index contributed by atoms with van der Waals surface area (Å²) in [4.78, 5) is 19.6. The monoisotopic (exact) mass is 229 g/mol. The topological polar surface area (TPSA) is 54.4 Å². The second-order valence-corrected chi connectivity index (χ2v) is 4.63. The fourth-order valence-electron chi connectivity index (χ4n) is 2.88. The van der Waals surface area contributed by atoms with Crippen LogP contribution < -0.4 is 5.32 Å². The van der Waals surface area contributed by atoms with E-state index >= 15 is 0 Å². The molecule has 0 aromatic carbocycles. The van der Waals surface area contributed by atoms with Crippen LogP contribution in [-0.2, 0) is 25.7 Å². The number of carbonyl (C=O) groups excluding carboxylic acids is 1. The maximum atomic E-state index is 11.4. The Morgan fingerprint density at radius 3 is 2.24 bits per heavy atom. The van der Waals surface area contributed by atoms with E-state index in [4.69, 9.17) is 4.98 Å². The van der Waals surface area contributed by atoms with E-state index in [-0.39, 0.29) is 6.03 Å². The highest BCUT2D eigenvalue weighted by atomic mass is 16.2. The molecule has 2 aliphatic rings. The highest BCUT2D eigenvalue weighted by molar-refractivity contribution is 5.94. The summed E-state index contributed by atoms with van der Waals surface area (Å²) in [6, 6.07) is -0.362. The first-order valence-electron chi connectivity index (χ1n) is 6.11. The fraction of sp³-hybridized carbons (Fsp3) is 0.462. The minimum absolute atomic E-state index is 0.362. The van der Waals surface area contributed by atoms with Crippen molar-refractivity contribution in [3.8, 4) is 0 Å². The van der Waals surface area contributed by atoms with Crippen molar-refractivity contribution < 1.29 is 4.79 Å². The van der Waals surface area contributed by atoms with Gasteiger partial charge in [-0.25, -0.2) is 9.79 Å². The number of anilines is 1. The van der Waals surface area contributed by atoms with E-state index in [1.54, 1.807) is 0 Å². The summed E-state index contributed by atoms with van der Waals surface area (Å²) in [6.07, 6.45) is 6.37. The van der Waals surface area contributed by atoms with Gasteiger partial charge in [0.25, 0.3) is 0 Å². The SMILES string of the molecule is C=NC(=O)Nc1c2c(nc3c1CCC3)CCC2. The van der Waals surface area contributed by atoms with Crippen molar-refractivity contribution in [1.82, 2.24) is 4.98 Å². The van der Waals surface area contributed by atoms with Crippen LogP contribution in [0, 0.1) is 0 Å². The van der Waals surface area contributed by atoms with Gasteiger partial charge in [-0.2, -0.15) is 0 Å². The Hall–Kier alpha value is -1.71. The van der Waals surface area contributed by atoms with Gasteiger partial charge in [0, 0.05) is 11.4 Å². The predicted molar refractivity (Wildman–Crippen MR) is 66.9 cm³/mol. The largest absolute Gasteiger partial charge is 0.344 e. The molecule has 3 rings (SSSR count). The van der Waals surface area contributed by atoms with Crippen LogP contribution in [0.4, 0.5) is 10.5 Å². The van der Waals surface area contributed by atoms with Crippen molar-refractivity contribution in [2.45, 2.75) is 38.5 Å². The molecule has 88 valence electrons. The van der Waals surface area contributed by atoms with Crippen molar-refractivity contribution in [1.29, 1.82) is 0 Å². The molecule has 1 aromatic heterocycles. The molecule has 4 heteroatoms. The van der Waals surface area contributed by atoms with Gasteiger partial charge in [-0.15, -0.1) is 0 Å². The molecular formula is C13H15N3O. The lowest BCUT2D eigenvalue weighted by molar-refractivity contribution is 0.259. The van der Waals surface area contributed by atoms with Crippen LogP contribution in [0.1, 0.15) is 35.4 Å². The van der Waals surface area contributed by atoms with E-state index in [9.17, 15) is 4.79 Å². The maximum absolute atomic E-state index is 11.4. The third-order valence-electron chi connectivity index (χ3n) is 3.63. The van der Waals surface area contributed by atoms with E-state index in [0.717, 1.165) is 44.2 Å². The molecular weight excluding hydrogens is 214 g/mol. The van der Waals surface area contributed by atoms with Crippen LogP contribution in [0.5, 0.6) is 0 Å². The summed E-state index contributed by atoms with van der Waals surface area (Å²) in [5.41, 5.74) is 5.78. The number of fused-ring (bicyclic) bond motifs is 2. The molecule has 1 heterocycles. The van der Waals surface area contributed by atoms with E-state index in [1.807, 2.05) is 0 Å². The summed E-state index contributed by atoms with van der Waals surface area (Å²) >= 11 is 0. The number of amides is 2. The molecule has 0 fully saturated rings. The minimum atomic E-state index is -0.362. The molecule has 4 nitrogen and oxygen atoms in total. The van der Waals surface area contributed by atoms with Crippen molar-refractivity contribution in [3.05, 3.63) is 22.5 Å². The summed E-state index contributed by atoms with van der Waals surface area (Å²) < 4.78 is 0. The van der Waals surface area contributed by atoms with Gasteiger partial charge in [-0.1, -0.05) is 0 Å². The lowest BCUT2D eigenvalue weighted by Gasteiger charge is -2.13. The quantitative estimate of drug-likeness (QED) is 0.751. The third-order valence-corrected chi connectivity index (χ3v) is 3.63. The predicted octanol–water partition coefficient (Wildman–Crippen LogP) is 2.29. The smallest absolute Gasteiger partial charge is 0.305 e. The van der Waals surface area contributed by atoms with Gasteiger partial charge in [0.15, 0.2) is 0 Å². The molecule has 0 atom stereocenters. The average Bonchev–Trinajstić information content (AvgIpc) is 2.96. The van der Waals surface area contributed by atoms with Crippen LogP contribution in [0.2, 0.25) is 0 Å². The Morgan fingerprint density at radius 1 is 1.12 bits per heavy atom. The molecule has 0 radical (unpaired) electrons. The summed E-state index contributed by atoms with van der Waals surface area (Å²) in [6.45, 7) is 3.27. The Balaban J connectivity index is 2.11. The molecule has 0 bridgehead atoms. The maximum Gasteiger partial charge on any atom is 0.344 e. The van der Waals surface area contributed by atoms with Crippen LogP contribution in [-0.4, -0.2) is 17.7 Å². The second-order valence-electron chi connectivity index (χ2n) is 4.63. The van der Waals surface area contributed by atoms with Crippen LogP contribution in [0.3, 0.4) is 0 Å². The highest BCUT2D eigenvalue weighted by Crippen LogP contribution is 2.36. The first kappa shape index (κ1) is 10.4. The van der Waals surface area contributed by atoms with E-state index < -0.39 is 0 Å². The Bertz CT molecular complexity index is 476. The van der Waals surface area contributed by atoms with Gasteiger partial charge in [0.2, 0.25) is 0 Å². The number of pyridine rings is 1. The van der Waals surface area contributed by atoms with E-state index in [1.165, 1.54) is 22.5 Å². The van der Waals surface area contributed by atoms with Crippen molar-refractivity contribution in [2.24, 2.45) is 4.99 Å². The van der Waals surface area contributed by atoms with Gasteiger partial charge >= 0.3 is 6.03 Å². The molecule has 1 aromatic rings. The van der Waals surface area contributed by atoms with E-state index in [2.05, 4.69) is 17.0 Å². The molecule has 1 N–H and O–H groups in total. The zero-order chi connectivity index (χ0) is 11.8.